The van der Waals surface area contributed by atoms with Crippen LogP contribution in [0.15, 0.2) is 72.0 Å². The summed E-state index contributed by atoms with van der Waals surface area (Å²) in [5.74, 6) is 0. The van der Waals surface area contributed by atoms with E-state index < -0.39 is 11.7 Å². The quantitative estimate of drug-likeness (QED) is 0.382. The molecule has 4 rings (SSSR count). The van der Waals surface area contributed by atoms with E-state index in [9.17, 15) is 13.2 Å². The maximum atomic E-state index is 13.1. The van der Waals surface area contributed by atoms with Crippen LogP contribution < -0.4 is 5.43 Å². The summed E-state index contributed by atoms with van der Waals surface area (Å²) in [6.07, 6.45) is -1.68. The highest BCUT2D eigenvalue weighted by atomic mass is 19.4. The first-order valence-electron chi connectivity index (χ1n) is 8.80. The molecule has 0 atom stereocenters. The van der Waals surface area contributed by atoms with Gasteiger partial charge in [0.2, 0.25) is 0 Å². The fourth-order valence-electron chi connectivity index (χ4n) is 3.10. The van der Waals surface area contributed by atoms with E-state index in [0.717, 1.165) is 29.0 Å². The number of nitrogens with one attached hydrogen (secondary N) is 1. The van der Waals surface area contributed by atoms with Gasteiger partial charge < -0.3 is 0 Å². The Kier molecular flexibility index (Phi) is 4.75. The average Bonchev–Trinajstić information content (AvgIpc) is 3.06. The summed E-state index contributed by atoms with van der Waals surface area (Å²) < 4.78 is 41.1. The van der Waals surface area contributed by atoms with Crippen LogP contribution in [0.25, 0.3) is 16.7 Å². The van der Waals surface area contributed by atoms with Gasteiger partial charge in [0.15, 0.2) is 5.65 Å². The fraction of sp³-hybridized carbons (Fsp3) is 0.0952. The Morgan fingerprint density at radius 1 is 1.00 bits per heavy atom. The highest BCUT2D eigenvalue weighted by molar-refractivity contribution is 5.93. The largest absolute Gasteiger partial charge is 0.417 e. The number of nitrogens with zero attached hydrogens (tertiary/aromatic N) is 4. The molecule has 0 aliphatic carbocycles. The van der Waals surface area contributed by atoms with Crippen molar-refractivity contribution < 1.29 is 13.2 Å². The van der Waals surface area contributed by atoms with Crippen molar-refractivity contribution in [3.05, 3.63) is 83.7 Å². The van der Waals surface area contributed by atoms with Crippen LogP contribution in [0, 0.1) is 6.92 Å². The normalized spacial score (nSPS) is 12.0. The number of hydrogen-bond acceptors (Lipinski definition) is 4. The second-order valence-corrected chi connectivity index (χ2v) is 6.34. The Morgan fingerprint density at radius 3 is 2.48 bits per heavy atom. The number of fused-ring (bicyclic) bond motifs is 1. The molecule has 0 saturated carbocycles. The molecule has 0 amide bonds. The van der Waals surface area contributed by atoms with Crippen LogP contribution in [0.1, 0.15) is 16.8 Å². The van der Waals surface area contributed by atoms with Gasteiger partial charge in [0.25, 0.3) is 0 Å². The van der Waals surface area contributed by atoms with Gasteiger partial charge in [0.05, 0.1) is 34.2 Å². The van der Waals surface area contributed by atoms with Gasteiger partial charge in [-0.1, -0.05) is 36.4 Å². The summed E-state index contributed by atoms with van der Waals surface area (Å²) in [5, 5.41) is 9.31. The van der Waals surface area contributed by atoms with Gasteiger partial charge in [0, 0.05) is 11.8 Å². The van der Waals surface area contributed by atoms with Gasteiger partial charge in [-0.05, 0) is 31.2 Å². The van der Waals surface area contributed by atoms with Crippen molar-refractivity contribution in [2.24, 2.45) is 5.10 Å². The maximum absolute atomic E-state index is 13.1. The van der Waals surface area contributed by atoms with E-state index in [0.29, 0.717) is 11.3 Å². The second kappa shape index (κ2) is 7.38. The summed E-state index contributed by atoms with van der Waals surface area (Å²) in [6, 6.07) is 16.5. The molecule has 2 aromatic heterocycles. The molecule has 146 valence electrons. The van der Waals surface area contributed by atoms with E-state index >= 15 is 0 Å². The SMILES string of the molecule is Cc1nn(-c2ccccc2)c2nccc(N/N=C/c3ccccc3C(F)(F)F)c12. The first-order chi connectivity index (χ1) is 13.9. The third kappa shape index (κ3) is 3.69. The topological polar surface area (TPSA) is 55.1 Å². The number of rotatable bonds is 4. The predicted molar refractivity (Wildman–Crippen MR) is 106 cm³/mol. The van der Waals surface area contributed by atoms with Crippen molar-refractivity contribution in [1.29, 1.82) is 0 Å². The van der Waals surface area contributed by atoms with Crippen LogP contribution in [0.4, 0.5) is 18.9 Å². The lowest BCUT2D eigenvalue weighted by Gasteiger charge is -2.09. The van der Waals surface area contributed by atoms with Crippen LogP contribution >= 0.6 is 0 Å². The number of hydrazone groups is 1. The number of halogens is 3. The predicted octanol–water partition coefficient (Wildman–Crippen LogP) is 5.19. The maximum Gasteiger partial charge on any atom is 0.417 e. The molecule has 0 aliphatic heterocycles. The zero-order valence-corrected chi connectivity index (χ0v) is 15.4. The molecule has 0 unspecified atom stereocenters. The Labute approximate surface area is 164 Å². The van der Waals surface area contributed by atoms with E-state index in [1.807, 2.05) is 37.3 Å². The van der Waals surface area contributed by atoms with Crippen molar-refractivity contribution in [3.8, 4) is 5.69 Å². The molecule has 2 heterocycles. The van der Waals surface area contributed by atoms with Crippen molar-refractivity contribution in [1.82, 2.24) is 14.8 Å². The highest BCUT2D eigenvalue weighted by Gasteiger charge is 2.32. The van der Waals surface area contributed by atoms with Crippen molar-refractivity contribution in [2.75, 3.05) is 5.43 Å². The number of benzene rings is 2. The first-order valence-corrected chi connectivity index (χ1v) is 8.80. The lowest BCUT2D eigenvalue weighted by molar-refractivity contribution is -0.137. The molecule has 2 aromatic carbocycles. The van der Waals surface area contributed by atoms with Crippen molar-refractivity contribution in [2.45, 2.75) is 13.1 Å². The van der Waals surface area contributed by atoms with Gasteiger partial charge in [-0.25, -0.2) is 9.67 Å². The summed E-state index contributed by atoms with van der Waals surface area (Å²) in [4.78, 5) is 4.41. The smallest absolute Gasteiger partial charge is 0.278 e. The number of aryl methyl sites for hydroxylation is 1. The highest BCUT2D eigenvalue weighted by Crippen LogP contribution is 2.31. The van der Waals surface area contributed by atoms with Crippen molar-refractivity contribution in [3.63, 3.8) is 0 Å². The van der Waals surface area contributed by atoms with Crippen LogP contribution in [-0.4, -0.2) is 21.0 Å². The number of para-hydroxylation sites is 1. The van der Waals surface area contributed by atoms with Crippen LogP contribution in [0.5, 0.6) is 0 Å². The number of pyridine rings is 1. The number of anilines is 1. The Hall–Kier alpha value is -3.68. The number of aromatic nitrogens is 3. The molecule has 0 spiro atoms. The molecular formula is C21H16F3N5. The summed E-state index contributed by atoms with van der Waals surface area (Å²) in [6.45, 7) is 1.84. The minimum absolute atomic E-state index is 0.0190. The molecule has 0 bridgehead atoms. The second-order valence-electron chi connectivity index (χ2n) is 6.34. The van der Waals surface area contributed by atoms with Gasteiger partial charge in [0.1, 0.15) is 0 Å². The molecule has 1 N–H and O–H groups in total. The summed E-state index contributed by atoms with van der Waals surface area (Å²) >= 11 is 0. The minimum atomic E-state index is -4.44. The minimum Gasteiger partial charge on any atom is -0.278 e. The van der Waals surface area contributed by atoms with E-state index in [4.69, 9.17) is 0 Å². The fourth-order valence-corrected chi connectivity index (χ4v) is 3.10. The van der Waals surface area contributed by atoms with Crippen molar-refractivity contribution >= 4 is 22.9 Å². The molecule has 4 aromatic rings. The summed E-state index contributed by atoms with van der Waals surface area (Å²) in [5.41, 5.74) is 4.90. The lowest BCUT2D eigenvalue weighted by atomic mass is 10.1. The molecule has 0 aliphatic rings. The molecule has 8 heteroatoms. The molecule has 0 radical (unpaired) electrons. The Balaban J connectivity index is 1.69. The van der Waals surface area contributed by atoms with E-state index in [-0.39, 0.29) is 5.56 Å². The van der Waals surface area contributed by atoms with E-state index in [1.165, 1.54) is 18.2 Å². The zero-order chi connectivity index (χ0) is 20.4. The standard InChI is InChI=1S/C21H16F3N5/c1-14-19-18(27-26-13-15-7-5-6-10-17(15)21(22,23)24)11-12-25-20(19)29(28-14)16-8-3-2-4-9-16/h2-13H,1H3,(H,25,27)/b26-13+. The first kappa shape index (κ1) is 18.7. The van der Waals surface area contributed by atoms with Crippen LogP contribution in [0.3, 0.4) is 0 Å². The molecule has 29 heavy (non-hydrogen) atoms. The Morgan fingerprint density at radius 2 is 1.72 bits per heavy atom. The average molecular weight is 395 g/mol. The third-order valence-electron chi connectivity index (χ3n) is 4.40. The zero-order valence-electron chi connectivity index (χ0n) is 15.4. The monoisotopic (exact) mass is 395 g/mol. The van der Waals surface area contributed by atoms with Gasteiger partial charge in [-0.2, -0.15) is 23.4 Å². The number of alkyl halides is 3. The number of hydrogen-bond donors (Lipinski definition) is 1. The molecule has 0 saturated heterocycles. The summed E-state index contributed by atoms with van der Waals surface area (Å²) in [7, 11) is 0. The van der Waals surface area contributed by atoms with E-state index in [2.05, 4.69) is 20.6 Å². The van der Waals surface area contributed by atoms with E-state index in [1.54, 1.807) is 16.9 Å². The molecule has 5 nitrogen and oxygen atoms in total. The van der Waals surface area contributed by atoms with Gasteiger partial charge >= 0.3 is 6.18 Å². The molecule has 0 fully saturated rings. The third-order valence-corrected chi connectivity index (χ3v) is 4.40. The Bertz CT molecular complexity index is 1180. The van der Waals surface area contributed by atoms with Gasteiger partial charge in [-0.15, -0.1) is 0 Å². The lowest BCUT2D eigenvalue weighted by Crippen LogP contribution is -2.08. The van der Waals surface area contributed by atoms with Crippen LogP contribution in [0.2, 0.25) is 0 Å². The van der Waals surface area contributed by atoms with Gasteiger partial charge in [-0.3, -0.25) is 5.43 Å². The van der Waals surface area contributed by atoms with Crippen LogP contribution in [-0.2, 0) is 6.18 Å². The molecular weight excluding hydrogens is 379 g/mol.